The number of aryl methyl sites for hydroxylation is 1. The van der Waals surface area contributed by atoms with Gasteiger partial charge < -0.3 is 18.9 Å². The van der Waals surface area contributed by atoms with Crippen molar-refractivity contribution in [3.05, 3.63) is 83.4 Å². The van der Waals surface area contributed by atoms with Crippen molar-refractivity contribution in [1.82, 2.24) is 14.5 Å². The van der Waals surface area contributed by atoms with Crippen LogP contribution >= 0.6 is 0 Å². The molecule has 2 fully saturated rings. The van der Waals surface area contributed by atoms with Gasteiger partial charge in [0.15, 0.2) is 11.6 Å². The number of hydrogen-bond donors (Lipinski definition) is 0. The number of aromatic nitrogens is 2. The Labute approximate surface area is 234 Å². The van der Waals surface area contributed by atoms with Gasteiger partial charge in [0.25, 0.3) is 0 Å². The molecule has 6 rings (SSSR count). The summed E-state index contributed by atoms with van der Waals surface area (Å²) in [5.41, 5.74) is 2.57. The molecule has 1 atom stereocenters. The standard InChI is InChI=1S/C30H33FN4O4S/c1-21-18-34(20-33-21)25-9-4-22(16-26(25)38-2)17-27-28-32-14-12-30(13-15-40(3,36)37,23-5-7-24(31)8-6-23)35(28)19-29(39-27)10-11-29/h4-9,16-18,20H,10-15,19H2,1-3H3/b27-17-. The van der Waals surface area contributed by atoms with Crippen LogP contribution in [0.2, 0.25) is 0 Å². The summed E-state index contributed by atoms with van der Waals surface area (Å²) in [5.74, 6) is 1.75. The Kier molecular flexibility index (Phi) is 6.48. The third kappa shape index (κ3) is 5.00. The molecule has 10 heteroatoms. The lowest BCUT2D eigenvalue weighted by molar-refractivity contribution is 0.00844. The number of methoxy groups -OCH3 is 1. The van der Waals surface area contributed by atoms with Crippen molar-refractivity contribution in [3.63, 3.8) is 0 Å². The van der Waals surface area contributed by atoms with Crippen molar-refractivity contribution in [3.8, 4) is 11.4 Å². The Morgan fingerprint density at radius 1 is 1.15 bits per heavy atom. The first-order valence-corrected chi connectivity index (χ1v) is 15.5. The highest BCUT2D eigenvalue weighted by Crippen LogP contribution is 2.51. The molecule has 3 heterocycles. The molecule has 40 heavy (non-hydrogen) atoms. The predicted octanol–water partition coefficient (Wildman–Crippen LogP) is 4.67. The van der Waals surface area contributed by atoms with Crippen molar-refractivity contribution in [2.75, 3.05) is 32.2 Å². The third-order valence-corrected chi connectivity index (χ3v) is 9.07. The fraction of sp³-hybridized carbons (Fsp3) is 0.400. The molecule has 8 nitrogen and oxygen atoms in total. The molecule has 3 aliphatic rings. The fourth-order valence-electron chi connectivity index (χ4n) is 5.82. The summed E-state index contributed by atoms with van der Waals surface area (Å²) in [6.45, 7) is 3.05. The summed E-state index contributed by atoms with van der Waals surface area (Å²) in [7, 11) is -1.59. The molecule has 1 saturated heterocycles. The summed E-state index contributed by atoms with van der Waals surface area (Å²) < 4.78 is 52.9. The quantitative estimate of drug-likeness (QED) is 0.415. The second kappa shape index (κ2) is 9.76. The van der Waals surface area contributed by atoms with E-state index in [1.54, 1.807) is 25.6 Å². The van der Waals surface area contributed by atoms with Crippen LogP contribution in [0.15, 0.2) is 65.7 Å². The van der Waals surface area contributed by atoms with E-state index >= 15 is 0 Å². The second-order valence-corrected chi connectivity index (χ2v) is 13.4. The van der Waals surface area contributed by atoms with E-state index in [1.807, 2.05) is 42.0 Å². The lowest BCUT2D eigenvalue weighted by Crippen LogP contribution is -2.59. The average Bonchev–Trinajstić information content (AvgIpc) is 3.52. The summed E-state index contributed by atoms with van der Waals surface area (Å²) in [6.07, 6.45) is 9.76. The normalized spacial score (nSPS) is 22.6. The Balaban J connectivity index is 1.42. The zero-order chi connectivity index (χ0) is 28.1. The van der Waals surface area contributed by atoms with E-state index < -0.39 is 15.4 Å². The molecule has 1 spiro atoms. The minimum absolute atomic E-state index is 0.0213. The first-order valence-electron chi connectivity index (χ1n) is 13.5. The van der Waals surface area contributed by atoms with E-state index in [4.69, 9.17) is 14.5 Å². The van der Waals surface area contributed by atoms with Crippen LogP contribution in [0.4, 0.5) is 4.39 Å². The molecule has 0 amide bonds. The average molecular weight is 565 g/mol. The Hall–Kier alpha value is -3.66. The first kappa shape index (κ1) is 26.6. The van der Waals surface area contributed by atoms with Crippen LogP contribution in [0.25, 0.3) is 11.8 Å². The molecule has 1 unspecified atom stereocenters. The summed E-state index contributed by atoms with van der Waals surface area (Å²) in [6, 6.07) is 12.4. The van der Waals surface area contributed by atoms with Crippen LogP contribution in [0.3, 0.4) is 0 Å². The maximum Gasteiger partial charge on any atom is 0.167 e. The number of aliphatic imine (C=N–C) groups is 1. The van der Waals surface area contributed by atoms with Gasteiger partial charge in [-0.1, -0.05) is 18.2 Å². The molecule has 0 bridgehead atoms. The Morgan fingerprint density at radius 2 is 1.93 bits per heavy atom. The minimum Gasteiger partial charge on any atom is -0.495 e. The van der Waals surface area contributed by atoms with Crippen LogP contribution in [0, 0.1) is 12.7 Å². The van der Waals surface area contributed by atoms with E-state index in [-0.39, 0.29) is 17.2 Å². The molecule has 2 aromatic carbocycles. The van der Waals surface area contributed by atoms with Crippen molar-refractivity contribution in [2.45, 2.75) is 43.7 Å². The Bertz CT molecular complexity index is 1610. The number of halogens is 1. The number of ether oxygens (including phenoxy) is 2. The van der Waals surface area contributed by atoms with Crippen LogP contribution in [-0.4, -0.2) is 66.5 Å². The molecule has 210 valence electrons. The molecular weight excluding hydrogens is 531 g/mol. The van der Waals surface area contributed by atoms with Crippen LogP contribution in [0.1, 0.15) is 42.5 Å². The molecule has 2 aliphatic heterocycles. The third-order valence-electron chi connectivity index (χ3n) is 8.12. The van der Waals surface area contributed by atoms with Gasteiger partial charge >= 0.3 is 0 Å². The van der Waals surface area contributed by atoms with Crippen molar-refractivity contribution in [2.24, 2.45) is 4.99 Å². The van der Waals surface area contributed by atoms with Gasteiger partial charge in [-0.05, 0) is 74.1 Å². The number of amidine groups is 1. The van der Waals surface area contributed by atoms with Gasteiger partial charge in [-0.3, -0.25) is 4.99 Å². The molecule has 1 aliphatic carbocycles. The molecule has 1 saturated carbocycles. The largest absolute Gasteiger partial charge is 0.495 e. The summed E-state index contributed by atoms with van der Waals surface area (Å²) in [4.78, 5) is 11.5. The molecule has 1 aromatic heterocycles. The lowest BCUT2D eigenvalue weighted by Gasteiger charge is -2.52. The highest BCUT2D eigenvalue weighted by molar-refractivity contribution is 7.90. The van der Waals surface area contributed by atoms with Crippen molar-refractivity contribution < 1.29 is 22.3 Å². The van der Waals surface area contributed by atoms with Gasteiger partial charge in [0, 0.05) is 19.0 Å². The van der Waals surface area contributed by atoms with E-state index in [1.165, 1.54) is 18.4 Å². The van der Waals surface area contributed by atoms with Gasteiger partial charge in [0.05, 0.1) is 42.7 Å². The van der Waals surface area contributed by atoms with E-state index in [2.05, 4.69) is 9.88 Å². The van der Waals surface area contributed by atoms with Gasteiger partial charge in [-0.15, -0.1) is 0 Å². The topological polar surface area (TPSA) is 86.0 Å². The van der Waals surface area contributed by atoms with Crippen LogP contribution in [0.5, 0.6) is 5.75 Å². The van der Waals surface area contributed by atoms with Crippen molar-refractivity contribution in [1.29, 1.82) is 0 Å². The maximum atomic E-state index is 13.9. The number of benzene rings is 2. The number of hydrogen-bond acceptors (Lipinski definition) is 7. The SMILES string of the molecule is COc1cc(/C=C2\OC3(CC3)CN3C2=NCCC3(CCS(C)(=O)=O)c2ccc(F)cc2)ccc1-n1cnc(C)c1. The monoisotopic (exact) mass is 564 g/mol. The van der Waals surface area contributed by atoms with Crippen molar-refractivity contribution >= 4 is 21.7 Å². The highest BCUT2D eigenvalue weighted by Gasteiger charge is 2.57. The number of fused-ring (bicyclic) bond motifs is 1. The van der Waals surface area contributed by atoms with E-state index in [9.17, 15) is 12.8 Å². The van der Waals surface area contributed by atoms with Gasteiger partial charge in [-0.2, -0.15) is 0 Å². The highest BCUT2D eigenvalue weighted by atomic mass is 32.2. The minimum atomic E-state index is -3.23. The molecular formula is C30H33FN4O4S. The number of imidazole rings is 1. The number of morpholine rings is 1. The van der Waals surface area contributed by atoms with Gasteiger partial charge in [0.1, 0.15) is 27.0 Å². The zero-order valence-corrected chi connectivity index (χ0v) is 23.7. The zero-order valence-electron chi connectivity index (χ0n) is 22.9. The number of nitrogens with zero attached hydrogens (tertiary/aromatic N) is 4. The van der Waals surface area contributed by atoms with Crippen LogP contribution < -0.4 is 4.74 Å². The molecule has 3 aromatic rings. The van der Waals surface area contributed by atoms with E-state index in [0.717, 1.165) is 35.3 Å². The maximum absolute atomic E-state index is 13.9. The van der Waals surface area contributed by atoms with Gasteiger partial charge in [0.2, 0.25) is 0 Å². The number of rotatable bonds is 7. The van der Waals surface area contributed by atoms with E-state index in [0.29, 0.717) is 43.3 Å². The lowest BCUT2D eigenvalue weighted by atomic mass is 9.80. The smallest absolute Gasteiger partial charge is 0.167 e. The predicted molar refractivity (Wildman–Crippen MR) is 152 cm³/mol. The fourth-order valence-corrected chi connectivity index (χ4v) is 6.53. The molecule has 0 radical (unpaired) electrons. The second-order valence-electron chi connectivity index (χ2n) is 11.1. The molecule has 0 N–H and O–H groups in total. The Morgan fingerprint density at radius 3 is 2.58 bits per heavy atom. The summed E-state index contributed by atoms with van der Waals surface area (Å²) >= 11 is 0. The summed E-state index contributed by atoms with van der Waals surface area (Å²) in [5, 5.41) is 0. The number of sulfone groups is 1. The van der Waals surface area contributed by atoms with Gasteiger partial charge in [-0.25, -0.2) is 17.8 Å². The first-order chi connectivity index (χ1) is 19.1. The van der Waals surface area contributed by atoms with Crippen LogP contribution in [-0.2, 0) is 20.1 Å².